The molecule has 0 heterocycles. The topological polar surface area (TPSA) is 118 Å². The highest BCUT2D eigenvalue weighted by molar-refractivity contribution is 9.10. The van der Waals surface area contributed by atoms with Gasteiger partial charge >= 0.3 is 0 Å². The maximum absolute atomic E-state index is 14.3. The molecule has 0 aliphatic carbocycles. The molecule has 0 radical (unpaired) electrons. The number of ether oxygens (including phenoxy) is 2. The van der Waals surface area contributed by atoms with E-state index in [2.05, 4.69) is 38.5 Å². The van der Waals surface area contributed by atoms with Crippen molar-refractivity contribution in [2.45, 2.75) is 52.2 Å². The summed E-state index contributed by atoms with van der Waals surface area (Å²) in [5, 5.41) is 9.90. The van der Waals surface area contributed by atoms with Crippen molar-refractivity contribution in [3.05, 3.63) is 99.7 Å². The molecule has 0 saturated heterocycles. The first-order chi connectivity index (χ1) is 21.5. The second kappa shape index (κ2) is 18.7. The van der Waals surface area contributed by atoms with E-state index in [0.29, 0.717) is 43.0 Å². The molecule has 2 atom stereocenters. The number of amides is 2. The van der Waals surface area contributed by atoms with Crippen molar-refractivity contribution in [3.8, 4) is 11.5 Å². The summed E-state index contributed by atoms with van der Waals surface area (Å²) in [6.07, 6.45) is 6.27. The summed E-state index contributed by atoms with van der Waals surface area (Å²) in [4.78, 5) is 28.0. The van der Waals surface area contributed by atoms with E-state index in [0.717, 1.165) is 32.4 Å². The highest BCUT2D eigenvalue weighted by Crippen LogP contribution is 2.29. The van der Waals surface area contributed by atoms with E-state index < -0.39 is 11.9 Å². The van der Waals surface area contributed by atoms with Crippen molar-refractivity contribution < 1.29 is 19.1 Å². The molecule has 0 saturated carbocycles. The van der Waals surface area contributed by atoms with E-state index in [1.54, 1.807) is 27.3 Å². The van der Waals surface area contributed by atoms with Gasteiger partial charge in [0.05, 0.1) is 26.0 Å². The molecule has 45 heavy (non-hydrogen) atoms. The second-order valence-corrected chi connectivity index (χ2v) is 11.4. The van der Waals surface area contributed by atoms with Gasteiger partial charge in [-0.05, 0) is 63.6 Å². The van der Waals surface area contributed by atoms with Crippen LogP contribution in [0.15, 0.2) is 88.6 Å². The number of benzene rings is 2. The molecular formula is C35H48BrN5O4. The number of methoxy groups -OCH3 is 2. The Morgan fingerprint density at radius 1 is 1.11 bits per heavy atom. The number of likely N-dealkylation sites (N-methyl/N-ethyl adjacent to an activating group) is 1. The molecule has 244 valence electrons. The van der Waals surface area contributed by atoms with Gasteiger partial charge in [-0.2, -0.15) is 0 Å². The van der Waals surface area contributed by atoms with Crippen LogP contribution in [0.3, 0.4) is 0 Å². The Balaban J connectivity index is 2.44. The zero-order valence-corrected chi connectivity index (χ0v) is 29.1. The van der Waals surface area contributed by atoms with Gasteiger partial charge in [0.15, 0.2) is 11.5 Å². The normalized spacial score (nSPS) is 13.7. The minimum Gasteiger partial charge on any atom is -0.493 e. The Labute approximate surface area is 276 Å². The fraction of sp³-hybridized carbons (Fsp3) is 0.371. The van der Waals surface area contributed by atoms with E-state index in [9.17, 15) is 9.59 Å². The fourth-order valence-electron chi connectivity index (χ4n) is 4.94. The Hall–Kier alpha value is -4.02. The molecule has 2 aromatic carbocycles. The monoisotopic (exact) mass is 681 g/mol. The summed E-state index contributed by atoms with van der Waals surface area (Å²) in [7, 11) is 6.85. The lowest BCUT2D eigenvalue weighted by atomic mass is 9.96. The van der Waals surface area contributed by atoms with Crippen LogP contribution in [0, 0.1) is 0 Å². The summed E-state index contributed by atoms with van der Waals surface area (Å²) >= 11 is 3.62. The average molecular weight is 683 g/mol. The van der Waals surface area contributed by atoms with Gasteiger partial charge < -0.3 is 36.1 Å². The fourth-order valence-corrected chi connectivity index (χ4v) is 5.44. The van der Waals surface area contributed by atoms with E-state index in [4.69, 9.17) is 15.2 Å². The van der Waals surface area contributed by atoms with Crippen LogP contribution in [0.2, 0.25) is 0 Å². The first kappa shape index (κ1) is 37.2. The van der Waals surface area contributed by atoms with Gasteiger partial charge in [-0.1, -0.05) is 70.9 Å². The van der Waals surface area contributed by atoms with Crippen LogP contribution in [0.1, 0.15) is 44.7 Å². The number of nitrogens with one attached hydrogen (secondary N) is 3. The molecule has 0 aromatic heterocycles. The summed E-state index contributed by atoms with van der Waals surface area (Å²) in [5.74, 6) is 0.625. The largest absolute Gasteiger partial charge is 0.493 e. The summed E-state index contributed by atoms with van der Waals surface area (Å²) in [6, 6.07) is 13.0. The molecule has 2 aromatic rings. The van der Waals surface area contributed by atoms with Gasteiger partial charge in [0.1, 0.15) is 0 Å². The summed E-state index contributed by atoms with van der Waals surface area (Å²) in [5.41, 5.74) is 10.6. The molecule has 0 spiro atoms. The smallest absolute Gasteiger partial charge is 0.248 e. The van der Waals surface area contributed by atoms with Crippen LogP contribution in [0.5, 0.6) is 11.5 Å². The number of hydrogen-bond donors (Lipinski definition) is 4. The number of carbonyl (C=O) groups excluding carboxylic acids is 2. The molecule has 9 nitrogen and oxygen atoms in total. The summed E-state index contributed by atoms with van der Waals surface area (Å²) in [6.45, 7) is 10.5. The average Bonchev–Trinajstić information content (AvgIpc) is 3.04. The first-order valence-corrected chi connectivity index (χ1v) is 15.7. The van der Waals surface area contributed by atoms with Crippen LogP contribution < -0.4 is 31.2 Å². The van der Waals surface area contributed by atoms with E-state index in [1.165, 1.54) is 6.08 Å². The van der Waals surface area contributed by atoms with E-state index in [-0.39, 0.29) is 11.9 Å². The number of rotatable bonds is 18. The minimum absolute atomic E-state index is 0.0493. The highest BCUT2D eigenvalue weighted by atomic mass is 79.9. The lowest BCUT2D eigenvalue weighted by Gasteiger charge is -2.33. The van der Waals surface area contributed by atoms with Gasteiger partial charge in [-0.15, -0.1) is 0 Å². The Kier molecular flexibility index (Phi) is 15.5. The number of carbonyl (C=O) groups is 2. The highest BCUT2D eigenvalue weighted by Gasteiger charge is 2.28. The molecule has 2 rings (SSSR count). The van der Waals surface area contributed by atoms with Crippen molar-refractivity contribution in [1.82, 2.24) is 20.9 Å². The maximum atomic E-state index is 14.3. The van der Waals surface area contributed by atoms with Gasteiger partial charge in [-0.3, -0.25) is 9.59 Å². The quantitative estimate of drug-likeness (QED) is 0.125. The molecule has 2 amide bonds. The second-order valence-electron chi connectivity index (χ2n) is 10.6. The lowest BCUT2D eigenvalue weighted by Crippen LogP contribution is -2.51. The van der Waals surface area contributed by atoms with E-state index in [1.807, 2.05) is 81.4 Å². The van der Waals surface area contributed by atoms with Crippen LogP contribution in [0.25, 0.3) is 5.70 Å². The number of hydrogen-bond acceptors (Lipinski definition) is 7. The SMILES string of the molecule is C=C/C(=C\C(C)=C(/CC)CC(NC)C(=O)N(Cc1ccc(OC)c(OC)c1)C(C)CN/C=C(\NC)c1ccccc1Br)C(N)=O. The molecule has 0 aliphatic heterocycles. The third-order valence-corrected chi connectivity index (χ3v) is 8.36. The predicted molar refractivity (Wildman–Crippen MR) is 187 cm³/mol. The van der Waals surface area contributed by atoms with Crippen molar-refractivity contribution in [2.24, 2.45) is 5.73 Å². The maximum Gasteiger partial charge on any atom is 0.248 e. The number of primary amides is 1. The van der Waals surface area contributed by atoms with Crippen LogP contribution >= 0.6 is 15.9 Å². The molecule has 2 unspecified atom stereocenters. The standard InChI is InChI=1S/C35H48BrN5O4/c1-9-26(23(3)17-27(10-2)34(37)42)19-30(38-5)35(43)41(22-25-15-16-32(44-7)33(18-25)45-8)24(4)20-40-21-31(39-6)28-13-11-12-14-29(28)36/h10-18,21,24,30,38-40H,2,9,19-20,22H2,1,3-8H3,(H2,37,42)/b26-23+,27-17+,31-21-. The number of nitrogens with zero attached hydrogens (tertiary/aromatic N) is 1. The third-order valence-electron chi connectivity index (χ3n) is 7.67. The number of nitrogens with two attached hydrogens (primary N) is 1. The number of allylic oxidation sites excluding steroid dienone is 2. The molecule has 0 bridgehead atoms. The van der Waals surface area contributed by atoms with Crippen molar-refractivity contribution in [1.29, 1.82) is 0 Å². The van der Waals surface area contributed by atoms with Crippen molar-refractivity contribution in [2.75, 3.05) is 34.9 Å². The van der Waals surface area contributed by atoms with Crippen LogP contribution in [-0.2, 0) is 16.1 Å². The van der Waals surface area contributed by atoms with Gasteiger partial charge in [0.25, 0.3) is 0 Å². The minimum atomic E-state index is -0.543. The van der Waals surface area contributed by atoms with E-state index >= 15 is 0 Å². The van der Waals surface area contributed by atoms with Gasteiger partial charge in [-0.25, -0.2) is 0 Å². The number of halogens is 1. The molecule has 5 N–H and O–H groups in total. The Morgan fingerprint density at radius 2 is 1.80 bits per heavy atom. The van der Waals surface area contributed by atoms with Crippen molar-refractivity contribution >= 4 is 33.4 Å². The van der Waals surface area contributed by atoms with Crippen LogP contribution in [-0.4, -0.2) is 63.7 Å². The third kappa shape index (κ3) is 10.5. The molecule has 0 aliphatic rings. The first-order valence-electron chi connectivity index (χ1n) is 14.9. The van der Waals surface area contributed by atoms with Gasteiger partial charge in [0, 0.05) is 48.0 Å². The lowest BCUT2D eigenvalue weighted by molar-refractivity contribution is -0.136. The van der Waals surface area contributed by atoms with Crippen LogP contribution in [0.4, 0.5) is 0 Å². The zero-order valence-electron chi connectivity index (χ0n) is 27.5. The Morgan fingerprint density at radius 3 is 2.36 bits per heavy atom. The molecular weight excluding hydrogens is 634 g/mol. The van der Waals surface area contributed by atoms with Gasteiger partial charge in [0.2, 0.25) is 11.8 Å². The summed E-state index contributed by atoms with van der Waals surface area (Å²) < 4.78 is 11.9. The van der Waals surface area contributed by atoms with Crippen molar-refractivity contribution in [3.63, 3.8) is 0 Å². The Bertz CT molecular complexity index is 1420. The molecule has 10 heteroatoms. The predicted octanol–water partition coefficient (Wildman–Crippen LogP) is 5.29. The molecule has 0 fully saturated rings. The zero-order chi connectivity index (χ0) is 33.5.